The molecule has 1 unspecified atom stereocenters. The smallest absolute Gasteiger partial charge is 0.246 e. The van der Waals surface area contributed by atoms with Gasteiger partial charge in [-0.15, -0.1) is 11.3 Å². The van der Waals surface area contributed by atoms with Gasteiger partial charge in [0.1, 0.15) is 0 Å². The molecule has 0 saturated carbocycles. The van der Waals surface area contributed by atoms with Crippen LogP contribution in [0, 0.1) is 0 Å². The summed E-state index contributed by atoms with van der Waals surface area (Å²) in [5, 5.41) is 1.98. The summed E-state index contributed by atoms with van der Waals surface area (Å²) >= 11 is 1.63. The van der Waals surface area contributed by atoms with Crippen molar-refractivity contribution in [2.75, 3.05) is 6.54 Å². The summed E-state index contributed by atoms with van der Waals surface area (Å²) < 4.78 is 0. The van der Waals surface area contributed by atoms with Crippen LogP contribution in [0.4, 0.5) is 0 Å². The first-order valence-corrected chi connectivity index (χ1v) is 5.68. The minimum absolute atomic E-state index is 0.149. The lowest BCUT2D eigenvalue weighted by Gasteiger charge is -2.12. The number of hydrogen-bond donors (Lipinski definition) is 1. The van der Waals surface area contributed by atoms with Crippen molar-refractivity contribution in [2.45, 2.75) is 18.9 Å². The first-order valence-electron chi connectivity index (χ1n) is 4.80. The van der Waals surface area contributed by atoms with Crippen LogP contribution in [0.15, 0.2) is 17.5 Å². The van der Waals surface area contributed by atoms with E-state index in [4.69, 9.17) is 5.73 Å². The van der Waals surface area contributed by atoms with Crippen LogP contribution in [0.1, 0.15) is 11.3 Å². The average Bonchev–Trinajstić information content (AvgIpc) is 2.76. The van der Waals surface area contributed by atoms with Gasteiger partial charge < -0.3 is 5.73 Å². The molecule has 15 heavy (non-hydrogen) atoms. The number of carbonyl (C=O) groups excluding carboxylic acids is 2. The largest absolute Gasteiger partial charge is 0.319 e. The Kier molecular flexibility index (Phi) is 2.83. The van der Waals surface area contributed by atoms with Crippen LogP contribution in [-0.2, 0) is 16.0 Å². The van der Waals surface area contributed by atoms with E-state index in [1.165, 1.54) is 9.78 Å². The molecule has 0 spiro atoms. The first kappa shape index (κ1) is 10.3. The Morgan fingerprint density at radius 1 is 1.53 bits per heavy atom. The minimum Gasteiger partial charge on any atom is -0.319 e. The Bertz CT molecular complexity index is 375. The monoisotopic (exact) mass is 224 g/mol. The molecular formula is C10H12N2O2S. The first-order chi connectivity index (χ1) is 7.18. The van der Waals surface area contributed by atoms with Crippen molar-refractivity contribution in [3.05, 3.63) is 22.4 Å². The second kappa shape index (κ2) is 4.12. The molecule has 2 heterocycles. The summed E-state index contributed by atoms with van der Waals surface area (Å²) in [6.45, 7) is 0.450. The van der Waals surface area contributed by atoms with Gasteiger partial charge in [-0.3, -0.25) is 14.5 Å². The van der Waals surface area contributed by atoms with E-state index in [9.17, 15) is 9.59 Å². The van der Waals surface area contributed by atoms with Gasteiger partial charge in [-0.1, -0.05) is 6.07 Å². The summed E-state index contributed by atoms with van der Waals surface area (Å²) in [6.07, 6.45) is 0.880. The molecule has 2 rings (SSSR count). The second-order valence-corrected chi connectivity index (χ2v) is 4.56. The van der Waals surface area contributed by atoms with Gasteiger partial charge in [-0.2, -0.15) is 0 Å². The summed E-state index contributed by atoms with van der Waals surface area (Å²) in [5.41, 5.74) is 5.50. The van der Waals surface area contributed by atoms with Crippen molar-refractivity contribution in [3.63, 3.8) is 0 Å². The standard InChI is InChI=1S/C10H12N2O2S/c11-8-6-9(13)12(10(8)14)4-3-7-2-1-5-15-7/h1-2,5,8H,3-4,6,11H2. The van der Waals surface area contributed by atoms with Gasteiger partial charge in [0.15, 0.2) is 0 Å². The highest BCUT2D eigenvalue weighted by atomic mass is 32.1. The molecule has 1 aromatic rings. The molecule has 1 aromatic heterocycles. The zero-order valence-corrected chi connectivity index (χ0v) is 9.00. The lowest BCUT2D eigenvalue weighted by molar-refractivity contribution is -0.138. The summed E-state index contributed by atoms with van der Waals surface area (Å²) in [5.74, 6) is -0.388. The van der Waals surface area contributed by atoms with E-state index >= 15 is 0 Å². The van der Waals surface area contributed by atoms with E-state index in [0.717, 1.165) is 6.42 Å². The Hall–Kier alpha value is -1.20. The van der Waals surface area contributed by atoms with Crippen LogP contribution in [0.25, 0.3) is 0 Å². The third-order valence-corrected chi connectivity index (χ3v) is 3.38. The van der Waals surface area contributed by atoms with Crippen LogP contribution < -0.4 is 5.73 Å². The highest BCUT2D eigenvalue weighted by molar-refractivity contribution is 7.09. The number of likely N-dealkylation sites (tertiary alicyclic amines) is 1. The number of rotatable bonds is 3. The second-order valence-electron chi connectivity index (χ2n) is 3.52. The van der Waals surface area contributed by atoms with Gasteiger partial charge in [0.2, 0.25) is 11.8 Å². The van der Waals surface area contributed by atoms with Gasteiger partial charge in [-0.05, 0) is 17.9 Å². The van der Waals surface area contributed by atoms with E-state index in [-0.39, 0.29) is 18.2 Å². The molecule has 80 valence electrons. The van der Waals surface area contributed by atoms with Crippen molar-refractivity contribution in [3.8, 4) is 0 Å². The van der Waals surface area contributed by atoms with E-state index in [1.54, 1.807) is 11.3 Å². The molecule has 2 N–H and O–H groups in total. The summed E-state index contributed by atoms with van der Waals surface area (Å²) in [4.78, 5) is 25.3. The van der Waals surface area contributed by atoms with Crippen molar-refractivity contribution >= 4 is 23.2 Å². The maximum absolute atomic E-state index is 11.5. The highest BCUT2D eigenvalue weighted by Gasteiger charge is 2.35. The van der Waals surface area contributed by atoms with Gasteiger partial charge in [0.05, 0.1) is 12.5 Å². The Balaban J connectivity index is 1.95. The fourth-order valence-electron chi connectivity index (χ4n) is 1.62. The number of nitrogens with two attached hydrogens (primary N) is 1. The predicted octanol–water partition coefficient (Wildman–Crippen LogP) is 0.377. The Labute approximate surface area is 91.7 Å². The fraction of sp³-hybridized carbons (Fsp3) is 0.400. The van der Waals surface area contributed by atoms with Crippen LogP contribution in [-0.4, -0.2) is 29.3 Å². The number of nitrogens with zero attached hydrogens (tertiary/aromatic N) is 1. The molecule has 1 aliphatic heterocycles. The normalized spacial score (nSPS) is 21.4. The number of imide groups is 1. The maximum Gasteiger partial charge on any atom is 0.246 e. The van der Waals surface area contributed by atoms with E-state index in [0.29, 0.717) is 6.54 Å². The van der Waals surface area contributed by atoms with E-state index < -0.39 is 6.04 Å². The fourth-order valence-corrected chi connectivity index (χ4v) is 2.32. The Morgan fingerprint density at radius 2 is 2.33 bits per heavy atom. The van der Waals surface area contributed by atoms with Crippen LogP contribution in [0.2, 0.25) is 0 Å². The van der Waals surface area contributed by atoms with Crippen molar-refractivity contribution < 1.29 is 9.59 Å². The average molecular weight is 224 g/mol. The molecule has 0 radical (unpaired) electrons. The highest BCUT2D eigenvalue weighted by Crippen LogP contribution is 2.14. The quantitative estimate of drug-likeness (QED) is 0.755. The van der Waals surface area contributed by atoms with Crippen molar-refractivity contribution in [1.29, 1.82) is 0 Å². The molecular weight excluding hydrogens is 212 g/mol. The van der Waals surface area contributed by atoms with Gasteiger partial charge in [0.25, 0.3) is 0 Å². The Morgan fingerprint density at radius 3 is 2.87 bits per heavy atom. The van der Waals surface area contributed by atoms with E-state index in [1.807, 2.05) is 17.5 Å². The summed E-state index contributed by atoms with van der Waals surface area (Å²) in [7, 11) is 0. The molecule has 1 atom stereocenters. The molecule has 2 amide bonds. The van der Waals surface area contributed by atoms with Gasteiger partial charge >= 0.3 is 0 Å². The number of amides is 2. The predicted molar refractivity (Wildman–Crippen MR) is 57.3 cm³/mol. The molecule has 0 aliphatic carbocycles. The van der Waals surface area contributed by atoms with Gasteiger partial charge in [-0.25, -0.2) is 0 Å². The van der Waals surface area contributed by atoms with Crippen LogP contribution in [0.3, 0.4) is 0 Å². The van der Waals surface area contributed by atoms with Gasteiger partial charge in [0, 0.05) is 11.4 Å². The lowest BCUT2D eigenvalue weighted by Crippen LogP contribution is -2.36. The molecule has 4 nitrogen and oxygen atoms in total. The molecule has 1 fully saturated rings. The minimum atomic E-state index is -0.624. The maximum atomic E-state index is 11.5. The topological polar surface area (TPSA) is 63.4 Å². The number of carbonyl (C=O) groups is 2. The van der Waals surface area contributed by atoms with Crippen molar-refractivity contribution in [2.24, 2.45) is 5.73 Å². The third-order valence-electron chi connectivity index (χ3n) is 2.44. The van der Waals surface area contributed by atoms with E-state index in [2.05, 4.69) is 0 Å². The summed E-state index contributed by atoms with van der Waals surface area (Å²) in [6, 6.07) is 3.33. The molecule has 1 saturated heterocycles. The molecule has 1 aliphatic rings. The van der Waals surface area contributed by atoms with Crippen LogP contribution in [0.5, 0.6) is 0 Å². The molecule has 0 bridgehead atoms. The molecule has 0 aromatic carbocycles. The van der Waals surface area contributed by atoms with Crippen molar-refractivity contribution in [1.82, 2.24) is 4.90 Å². The SMILES string of the molecule is NC1CC(=O)N(CCc2cccs2)C1=O. The zero-order chi connectivity index (χ0) is 10.8. The lowest BCUT2D eigenvalue weighted by atomic mass is 10.3. The number of thiophene rings is 1. The third kappa shape index (κ3) is 2.08. The zero-order valence-electron chi connectivity index (χ0n) is 8.18. The number of hydrogen-bond acceptors (Lipinski definition) is 4. The van der Waals surface area contributed by atoms with Crippen LogP contribution >= 0.6 is 11.3 Å². The molecule has 5 heteroatoms.